The molecule has 1 aliphatic rings. The fraction of sp³-hybridized carbons (Fsp3) is 0.333. The number of hydrogen-bond acceptors (Lipinski definition) is 5. The molecule has 3 rings (SSSR count). The molecule has 0 bridgehead atoms. The second-order valence-electron chi connectivity index (χ2n) is 5.53. The summed E-state index contributed by atoms with van der Waals surface area (Å²) in [5.74, 6) is 0.333. The number of nitrogens with zero attached hydrogens (tertiary/aromatic N) is 4. The van der Waals surface area contributed by atoms with Gasteiger partial charge in [-0.1, -0.05) is 11.6 Å². The van der Waals surface area contributed by atoms with Crippen molar-refractivity contribution < 1.29 is 9.72 Å². The highest BCUT2D eigenvalue weighted by Gasteiger charge is 2.34. The average molecular weight is 386 g/mol. The van der Waals surface area contributed by atoms with E-state index in [1.54, 1.807) is 17.3 Å². The number of carbonyl (C=O) groups excluding carboxylic acids is 1. The number of nitro groups is 1. The maximum absolute atomic E-state index is 13.0. The molecule has 1 amide bonds. The molecular weight excluding hydrogens is 369 g/mol. The van der Waals surface area contributed by atoms with Crippen LogP contribution in [0.4, 0.5) is 5.69 Å². The van der Waals surface area contributed by atoms with Crippen LogP contribution in [0.3, 0.4) is 0 Å². The van der Waals surface area contributed by atoms with Crippen molar-refractivity contribution in [1.82, 2.24) is 19.8 Å². The zero-order chi connectivity index (χ0) is 17.3. The lowest BCUT2D eigenvalue weighted by atomic mass is 10.1. The lowest BCUT2D eigenvalue weighted by Gasteiger charge is -2.35. The summed E-state index contributed by atoms with van der Waals surface area (Å²) in [5, 5.41) is 14.7. The van der Waals surface area contributed by atoms with E-state index >= 15 is 0 Å². The van der Waals surface area contributed by atoms with Gasteiger partial charge in [-0.25, -0.2) is 4.98 Å². The summed E-state index contributed by atoms with van der Waals surface area (Å²) in [6.07, 6.45) is 3.47. The quantitative estimate of drug-likeness (QED) is 0.645. The molecule has 1 atom stereocenters. The van der Waals surface area contributed by atoms with Gasteiger partial charge in [-0.2, -0.15) is 0 Å². The Morgan fingerprint density at radius 1 is 1.48 bits per heavy atom. The molecule has 1 N–H and O–H groups in total. The van der Waals surface area contributed by atoms with Crippen molar-refractivity contribution in [3.8, 4) is 0 Å². The Bertz CT molecular complexity index is 795. The average Bonchev–Trinajstić information content (AvgIpc) is 3.00. The fourth-order valence-corrected chi connectivity index (χ4v) is 3.03. The maximum atomic E-state index is 13.0. The highest BCUT2D eigenvalue weighted by Crippen LogP contribution is 2.28. The van der Waals surface area contributed by atoms with Crippen molar-refractivity contribution in [2.24, 2.45) is 7.05 Å². The monoisotopic (exact) mass is 385 g/mol. The predicted molar refractivity (Wildman–Crippen MR) is 95.2 cm³/mol. The Labute approximate surface area is 155 Å². The summed E-state index contributed by atoms with van der Waals surface area (Å²) in [6, 6.07) is 3.80. The van der Waals surface area contributed by atoms with Gasteiger partial charge in [0.05, 0.1) is 4.92 Å². The lowest BCUT2D eigenvalue weighted by molar-refractivity contribution is -0.385. The molecule has 1 aromatic heterocycles. The molecular formula is C15H17Cl2N5O3. The van der Waals surface area contributed by atoms with Gasteiger partial charge >= 0.3 is 0 Å². The van der Waals surface area contributed by atoms with Gasteiger partial charge in [-0.15, -0.1) is 12.4 Å². The molecule has 25 heavy (non-hydrogen) atoms. The number of aryl methyl sites for hydroxylation is 1. The van der Waals surface area contributed by atoms with Crippen molar-refractivity contribution in [2.45, 2.75) is 6.04 Å². The third kappa shape index (κ3) is 3.76. The molecule has 0 radical (unpaired) electrons. The minimum atomic E-state index is -0.586. The maximum Gasteiger partial charge on any atom is 0.283 e. The first-order valence-corrected chi connectivity index (χ1v) is 7.79. The van der Waals surface area contributed by atoms with Gasteiger partial charge in [0.2, 0.25) is 0 Å². The number of imidazole rings is 1. The molecule has 10 heteroatoms. The number of benzene rings is 1. The van der Waals surface area contributed by atoms with Crippen LogP contribution in [-0.4, -0.2) is 44.9 Å². The normalized spacial score (nSPS) is 17.0. The van der Waals surface area contributed by atoms with Crippen LogP contribution in [0.15, 0.2) is 30.6 Å². The number of amides is 1. The molecule has 0 saturated carbocycles. The van der Waals surface area contributed by atoms with Crippen LogP contribution >= 0.6 is 24.0 Å². The van der Waals surface area contributed by atoms with E-state index in [0.29, 0.717) is 19.6 Å². The van der Waals surface area contributed by atoms with Crippen LogP contribution in [0, 0.1) is 10.1 Å². The van der Waals surface area contributed by atoms with Gasteiger partial charge < -0.3 is 14.8 Å². The van der Waals surface area contributed by atoms with Crippen LogP contribution in [0.25, 0.3) is 0 Å². The predicted octanol–water partition coefficient (Wildman–Crippen LogP) is 2.19. The molecule has 1 aliphatic heterocycles. The summed E-state index contributed by atoms with van der Waals surface area (Å²) < 4.78 is 1.84. The lowest BCUT2D eigenvalue weighted by Crippen LogP contribution is -2.49. The Morgan fingerprint density at radius 2 is 2.24 bits per heavy atom. The molecule has 2 aromatic rings. The van der Waals surface area contributed by atoms with Crippen molar-refractivity contribution in [2.75, 3.05) is 19.6 Å². The van der Waals surface area contributed by atoms with E-state index in [4.69, 9.17) is 11.6 Å². The molecule has 0 spiro atoms. The van der Waals surface area contributed by atoms with Crippen molar-refractivity contribution in [1.29, 1.82) is 0 Å². The number of nitrogens with one attached hydrogen (secondary N) is 1. The molecule has 1 aromatic carbocycles. The SMILES string of the molecule is Cl.Cn1ccnc1C1CNCCN1C(=O)c1ccc(Cl)cc1[N+](=O)[O-]. The van der Waals surface area contributed by atoms with Gasteiger partial charge in [0.15, 0.2) is 0 Å². The number of hydrogen-bond donors (Lipinski definition) is 1. The number of carbonyl (C=O) groups is 1. The van der Waals surface area contributed by atoms with Crippen molar-refractivity contribution in [3.63, 3.8) is 0 Å². The van der Waals surface area contributed by atoms with E-state index in [0.717, 1.165) is 5.82 Å². The molecule has 1 fully saturated rings. The Morgan fingerprint density at radius 3 is 2.88 bits per heavy atom. The van der Waals surface area contributed by atoms with Gasteiger partial charge in [-0.3, -0.25) is 14.9 Å². The summed E-state index contributed by atoms with van der Waals surface area (Å²) in [4.78, 5) is 29.6. The fourth-order valence-electron chi connectivity index (χ4n) is 2.87. The topological polar surface area (TPSA) is 93.3 Å². The number of aromatic nitrogens is 2. The number of rotatable bonds is 3. The Balaban J connectivity index is 0.00000225. The standard InChI is InChI=1S/C15H16ClN5O3.ClH/c1-19-6-5-18-14(19)13-9-17-4-7-20(13)15(22)11-3-2-10(16)8-12(11)21(23)24;/h2-3,5-6,8,13,17H,4,7,9H2,1H3;1H. The van der Waals surface area contributed by atoms with Crippen LogP contribution in [0.5, 0.6) is 0 Å². The van der Waals surface area contributed by atoms with Crippen molar-refractivity contribution in [3.05, 3.63) is 57.1 Å². The van der Waals surface area contributed by atoms with E-state index in [1.807, 2.05) is 11.6 Å². The zero-order valence-corrected chi connectivity index (χ0v) is 15.0. The minimum absolute atomic E-state index is 0. The molecule has 8 nitrogen and oxygen atoms in total. The summed E-state index contributed by atoms with van der Waals surface area (Å²) in [6.45, 7) is 1.60. The molecule has 134 valence electrons. The summed E-state index contributed by atoms with van der Waals surface area (Å²) >= 11 is 5.83. The molecule has 1 unspecified atom stereocenters. The Kier molecular flexibility index (Phi) is 5.99. The van der Waals surface area contributed by atoms with Crippen LogP contribution in [-0.2, 0) is 7.05 Å². The minimum Gasteiger partial charge on any atom is -0.336 e. The summed E-state index contributed by atoms with van der Waals surface area (Å²) in [7, 11) is 1.85. The van der Waals surface area contributed by atoms with Crippen molar-refractivity contribution >= 4 is 35.6 Å². The Hall–Kier alpha value is -2.16. The third-order valence-corrected chi connectivity index (χ3v) is 4.28. The largest absolute Gasteiger partial charge is 0.336 e. The van der Waals surface area contributed by atoms with E-state index in [1.165, 1.54) is 18.2 Å². The first kappa shape index (κ1) is 19.2. The second kappa shape index (κ2) is 7.81. The van der Waals surface area contributed by atoms with Crippen LogP contribution in [0.2, 0.25) is 5.02 Å². The number of piperazine rings is 1. The molecule has 2 heterocycles. The van der Waals surface area contributed by atoms with Crippen LogP contribution in [0.1, 0.15) is 22.2 Å². The zero-order valence-electron chi connectivity index (χ0n) is 13.4. The van der Waals surface area contributed by atoms with Gasteiger partial charge in [-0.05, 0) is 12.1 Å². The van der Waals surface area contributed by atoms with E-state index in [9.17, 15) is 14.9 Å². The highest BCUT2D eigenvalue weighted by molar-refractivity contribution is 6.31. The smallest absolute Gasteiger partial charge is 0.283 e. The highest BCUT2D eigenvalue weighted by atomic mass is 35.5. The molecule has 1 saturated heterocycles. The van der Waals surface area contributed by atoms with E-state index in [-0.39, 0.29) is 34.7 Å². The van der Waals surface area contributed by atoms with Gasteiger partial charge in [0, 0.05) is 50.2 Å². The van der Waals surface area contributed by atoms with E-state index in [2.05, 4.69) is 10.3 Å². The van der Waals surface area contributed by atoms with Gasteiger partial charge in [0.1, 0.15) is 17.4 Å². The number of nitro benzene ring substituents is 1. The van der Waals surface area contributed by atoms with Crippen LogP contribution < -0.4 is 5.32 Å². The first-order valence-electron chi connectivity index (χ1n) is 7.42. The number of halogens is 2. The third-order valence-electron chi connectivity index (χ3n) is 4.05. The molecule has 0 aliphatic carbocycles. The first-order chi connectivity index (χ1) is 11.5. The van der Waals surface area contributed by atoms with E-state index < -0.39 is 10.8 Å². The second-order valence-corrected chi connectivity index (χ2v) is 5.97. The van der Waals surface area contributed by atoms with Gasteiger partial charge in [0.25, 0.3) is 11.6 Å². The summed E-state index contributed by atoms with van der Waals surface area (Å²) in [5.41, 5.74) is -0.255.